The zero-order valence-electron chi connectivity index (χ0n) is 15.4. The Balaban J connectivity index is 1.47. The molecule has 4 nitrogen and oxygen atoms in total. The summed E-state index contributed by atoms with van der Waals surface area (Å²) in [5.41, 5.74) is 3.37. The lowest BCUT2D eigenvalue weighted by Gasteiger charge is -2.29. The second kappa shape index (κ2) is 6.62. The molecule has 1 N–H and O–H groups in total. The fourth-order valence-corrected chi connectivity index (χ4v) is 3.73. The predicted octanol–water partition coefficient (Wildman–Crippen LogP) is 5.21. The summed E-state index contributed by atoms with van der Waals surface area (Å²) in [5.74, 6) is 1.28. The van der Waals surface area contributed by atoms with E-state index in [2.05, 4.69) is 33.1 Å². The quantitative estimate of drug-likeness (QED) is 0.508. The van der Waals surface area contributed by atoms with Crippen LogP contribution in [0.15, 0.2) is 60.7 Å². The van der Waals surface area contributed by atoms with E-state index in [1.54, 1.807) is 0 Å². The van der Waals surface area contributed by atoms with E-state index >= 15 is 0 Å². The van der Waals surface area contributed by atoms with E-state index in [0.29, 0.717) is 22.6 Å². The maximum absolute atomic E-state index is 13.0. The SMILES string of the molecule is FC(F)(F)c1ccc2nc(-c3cccc(N4CCc5ccccc5C4)n3)[nH]c2c1. The van der Waals surface area contributed by atoms with Crippen LogP contribution < -0.4 is 4.90 Å². The van der Waals surface area contributed by atoms with Crippen molar-refractivity contribution in [3.8, 4) is 11.5 Å². The van der Waals surface area contributed by atoms with Crippen LogP contribution in [-0.2, 0) is 19.1 Å². The number of nitrogens with one attached hydrogen (secondary N) is 1. The normalized spacial score (nSPS) is 14.2. The first-order valence-electron chi connectivity index (χ1n) is 9.33. The fraction of sp³-hybridized carbons (Fsp3) is 0.182. The molecule has 3 heterocycles. The average molecular weight is 394 g/mol. The van der Waals surface area contributed by atoms with Crippen molar-refractivity contribution >= 4 is 16.9 Å². The van der Waals surface area contributed by atoms with Gasteiger partial charge in [0.25, 0.3) is 0 Å². The number of hydrogen-bond donors (Lipinski definition) is 1. The maximum atomic E-state index is 13.0. The number of aromatic amines is 1. The smallest absolute Gasteiger partial charge is 0.352 e. The number of benzene rings is 2. The monoisotopic (exact) mass is 394 g/mol. The number of fused-ring (bicyclic) bond motifs is 2. The maximum Gasteiger partial charge on any atom is 0.416 e. The van der Waals surface area contributed by atoms with Gasteiger partial charge in [0.2, 0.25) is 0 Å². The Morgan fingerprint density at radius 1 is 0.897 bits per heavy atom. The van der Waals surface area contributed by atoms with Crippen LogP contribution in [0.4, 0.5) is 19.0 Å². The standard InChI is InChI=1S/C22H17F3N4/c23-22(24,25)16-8-9-17-19(12-16)28-21(27-17)18-6-3-7-20(26-18)29-11-10-14-4-1-2-5-15(14)13-29/h1-9,12H,10-11,13H2,(H,27,28). The van der Waals surface area contributed by atoms with Crippen molar-refractivity contribution in [2.45, 2.75) is 19.1 Å². The topological polar surface area (TPSA) is 44.8 Å². The first-order valence-corrected chi connectivity index (χ1v) is 9.33. The number of halogens is 3. The Kier molecular flexibility index (Phi) is 4.04. The second-order valence-electron chi connectivity index (χ2n) is 7.14. The van der Waals surface area contributed by atoms with Crippen LogP contribution in [0.2, 0.25) is 0 Å². The van der Waals surface area contributed by atoms with Crippen molar-refractivity contribution in [3.63, 3.8) is 0 Å². The number of hydrogen-bond acceptors (Lipinski definition) is 3. The molecule has 0 aliphatic carbocycles. The number of nitrogens with zero attached hydrogens (tertiary/aromatic N) is 3. The Hall–Kier alpha value is -3.35. The molecule has 0 atom stereocenters. The summed E-state index contributed by atoms with van der Waals surface area (Å²) in [7, 11) is 0. The molecule has 0 amide bonds. The van der Waals surface area contributed by atoms with Gasteiger partial charge in [0.15, 0.2) is 5.82 Å². The van der Waals surface area contributed by atoms with Crippen LogP contribution in [0, 0.1) is 0 Å². The van der Waals surface area contributed by atoms with E-state index in [1.807, 2.05) is 24.3 Å². The Morgan fingerprint density at radius 2 is 1.72 bits per heavy atom. The van der Waals surface area contributed by atoms with Gasteiger partial charge in [0.05, 0.1) is 16.6 Å². The molecule has 0 unspecified atom stereocenters. The van der Waals surface area contributed by atoms with E-state index < -0.39 is 11.7 Å². The molecule has 146 valence electrons. The minimum Gasteiger partial charge on any atom is -0.352 e. The first kappa shape index (κ1) is 17.7. The van der Waals surface area contributed by atoms with Gasteiger partial charge < -0.3 is 9.88 Å². The summed E-state index contributed by atoms with van der Waals surface area (Å²) in [6, 6.07) is 17.5. The Labute approximate surface area is 165 Å². The van der Waals surface area contributed by atoms with Crippen molar-refractivity contribution < 1.29 is 13.2 Å². The van der Waals surface area contributed by atoms with Crippen molar-refractivity contribution in [2.75, 3.05) is 11.4 Å². The molecule has 7 heteroatoms. The molecule has 0 spiro atoms. The highest BCUT2D eigenvalue weighted by molar-refractivity contribution is 5.79. The van der Waals surface area contributed by atoms with Crippen molar-refractivity contribution in [1.82, 2.24) is 15.0 Å². The highest BCUT2D eigenvalue weighted by atomic mass is 19.4. The van der Waals surface area contributed by atoms with Crippen LogP contribution in [0.5, 0.6) is 0 Å². The van der Waals surface area contributed by atoms with Gasteiger partial charge in [0, 0.05) is 13.1 Å². The molecule has 5 rings (SSSR count). The van der Waals surface area contributed by atoms with E-state index in [9.17, 15) is 13.2 Å². The van der Waals surface area contributed by atoms with Crippen molar-refractivity contribution in [3.05, 3.63) is 77.4 Å². The third-order valence-corrected chi connectivity index (χ3v) is 5.24. The molecular weight excluding hydrogens is 377 g/mol. The van der Waals surface area contributed by atoms with Crippen LogP contribution in [0.3, 0.4) is 0 Å². The third-order valence-electron chi connectivity index (χ3n) is 5.24. The molecule has 2 aromatic heterocycles. The molecule has 4 aromatic rings. The van der Waals surface area contributed by atoms with Gasteiger partial charge in [-0.3, -0.25) is 0 Å². The number of rotatable bonds is 2. The van der Waals surface area contributed by atoms with Crippen molar-refractivity contribution in [1.29, 1.82) is 0 Å². The number of aromatic nitrogens is 3. The number of alkyl halides is 3. The molecule has 29 heavy (non-hydrogen) atoms. The predicted molar refractivity (Wildman–Crippen MR) is 106 cm³/mol. The van der Waals surface area contributed by atoms with Gasteiger partial charge in [-0.2, -0.15) is 13.2 Å². The third kappa shape index (κ3) is 3.33. The van der Waals surface area contributed by atoms with Crippen LogP contribution in [-0.4, -0.2) is 21.5 Å². The number of H-pyrrole nitrogens is 1. The van der Waals surface area contributed by atoms with Gasteiger partial charge >= 0.3 is 6.18 Å². The summed E-state index contributed by atoms with van der Waals surface area (Å²) in [5, 5.41) is 0. The lowest BCUT2D eigenvalue weighted by Crippen LogP contribution is -2.30. The van der Waals surface area contributed by atoms with E-state index in [0.717, 1.165) is 37.5 Å². The summed E-state index contributed by atoms with van der Waals surface area (Å²) < 4.78 is 38.9. The minimum absolute atomic E-state index is 0.342. The van der Waals surface area contributed by atoms with Gasteiger partial charge in [-0.15, -0.1) is 0 Å². The van der Waals surface area contributed by atoms with Crippen LogP contribution in [0.25, 0.3) is 22.6 Å². The molecule has 0 fully saturated rings. The first-order chi connectivity index (χ1) is 14.0. The summed E-state index contributed by atoms with van der Waals surface area (Å²) in [4.78, 5) is 14.3. The molecule has 2 aromatic carbocycles. The molecule has 1 aliphatic rings. The highest BCUT2D eigenvalue weighted by Crippen LogP contribution is 2.32. The van der Waals surface area contributed by atoms with Gasteiger partial charge in [0.1, 0.15) is 11.5 Å². The van der Waals surface area contributed by atoms with Crippen LogP contribution >= 0.6 is 0 Å². The zero-order valence-corrected chi connectivity index (χ0v) is 15.4. The van der Waals surface area contributed by atoms with Crippen molar-refractivity contribution in [2.24, 2.45) is 0 Å². The molecule has 1 aliphatic heterocycles. The highest BCUT2D eigenvalue weighted by Gasteiger charge is 2.30. The second-order valence-corrected chi connectivity index (χ2v) is 7.14. The summed E-state index contributed by atoms with van der Waals surface area (Å²) in [6.07, 6.45) is -3.44. The summed E-state index contributed by atoms with van der Waals surface area (Å²) in [6.45, 7) is 1.64. The van der Waals surface area contributed by atoms with Gasteiger partial charge in [-0.05, 0) is 47.9 Å². The fourth-order valence-electron chi connectivity index (χ4n) is 3.73. The molecule has 0 radical (unpaired) electrons. The van der Waals surface area contributed by atoms with Gasteiger partial charge in [-0.25, -0.2) is 9.97 Å². The van der Waals surface area contributed by atoms with Gasteiger partial charge in [-0.1, -0.05) is 30.3 Å². The minimum atomic E-state index is -4.39. The van der Waals surface area contributed by atoms with E-state index in [-0.39, 0.29) is 0 Å². The van der Waals surface area contributed by atoms with Crippen LogP contribution in [0.1, 0.15) is 16.7 Å². The molecular formula is C22H17F3N4. The molecule has 0 saturated heterocycles. The zero-order chi connectivity index (χ0) is 20.0. The van der Waals surface area contributed by atoms with E-state index in [1.165, 1.54) is 17.2 Å². The number of anilines is 1. The Morgan fingerprint density at radius 3 is 2.55 bits per heavy atom. The number of imidazole rings is 1. The largest absolute Gasteiger partial charge is 0.416 e. The lowest BCUT2D eigenvalue weighted by molar-refractivity contribution is -0.137. The molecule has 0 saturated carbocycles. The van der Waals surface area contributed by atoms with E-state index in [4.69, 9.17) is 4.98 Å². The molecule has 0 bridgehead atoms. The summed E-state index contributed by atoms with van der Waals surface area (Å²) >= 11 is 0. The average Bonchev–Trinajstić information content (AvgIpc) is 3.16. The Bertz CT molecular complexity index is 1200. The number of pyridine rings is 1. The lowest BCUT2D eigenvalue weighted by atomic mass is 10.00.